The molecule has 1 saturated heterocycles. The van der Waals surface area contributed by atoms with Gasteiger partial charge in [-0.3, -0.25) is 14.5 Å². The van der Waals surface area contributed by atoms with Gasteiger partial charge in [0.05, 0.1) is 11.8 Å². The molecule has 0 spiro atoms. The highest BCUT2D eigenvalue weighted by Crippen LogP contribution is 2.32. The van der Waals surface area contributed by atoms with Crippen LogP contribution in [-0.4, -0.2) is 81.6 Å². The molecule has 1 unspecified atom stereocenters. The van der Waals surface area contributed by atoms with Crippen LogP contribution in [0.1, 0.15) is 58.6 Å². The molecule has 43 heavy (non-hydrogen) atoms. The van der Waals surface area contributed by atoms with Crippen molar-refractivity contribution < 1.29 is 23.8 Å². The molecule has 11 nitrogen and oxygen atoms in total. The Bertz CT molecular complexity index is 1430. The highest BCUT2D eigenvalue weighted by atomic mass is 16.5. The average molecular weight is 589 g/mol. The molecule has 3 aromatic rings. The zero-order valence-electron chi connectivity index (χ0n) is 24.6. The SMILES string of the molecule is Cc1ncoc1COc1ccc2c(c1)CCN(CC(O)CNC(=O)c1ccnc(NC3CCN(C(=O)C4CC4)CC3)c1)C2. The summed E-state index contributed by atoms with van der Waals surface area (Å²) < 4.78 is 11.2. The lowest BCUT2D eigenvalue weighted by atomic mass is 9.99. The number of benzene rings is 1. The first-order chi connectivity index (χ1) is 20.9. The minimum Gasteiger partial charge on any atom is -0.486 e. The summed E-state index contributed by atoms with van der Waals surface area (Å²) in [7, 11) is 0. The monoisotopic (exact) mass is 588 g/mol. The lowest BCUT2D eigenvalue weighted by molar-refractivity contribution is -0.133. The average Bonchev–Trinajstić information content (AvgIpc) is 3.80. The number of ether oxygens (including phenoxy) is 1. The Balaban J connectivity index is 0.928. The van der Waals surface area contributed by atoms with Crippen LogP contribution in [0.4, 0.5) is 5.82 Å². The summed E-state index contributed by atoms with van der Waals surface area (Å²) in [4.78, 5) is 37.8. The molecule has 1 aliphatic carbocycles. The molecule has 4 heterocycles. The second-order valence-corrected chi connectivity index (χ2v) is 11.9. The van der Waals surface area contributed by atoms with Gasteiger partial charge in [0.15, 0.2) is 12.2 Å². The third-order valence-corrected chi connectivity index (χ3v) is 8.56. The fraction of sp³-hybridized carbons (Fsp3) is 0.500. The van der Waals surface area contributed by atoms with Crippen molar-refractivity contribution in [3.63, 3.8) is 0 Å². The van der Waals surface area contributed by atoms with E-state index >= 15 is 0 Å². The third-order valence-electron chi connectivity index (χ3n) is 8.56. The highest BCUT2D eigenvalue weighted by Gasteiger charge is 2.35. The number of anilines is 1. The van der Waals surface area contributed by atoms with Gasteiger partial charge in [-0.2, -0.15) is 0 Å². The van der Waals surface area contributed by atoms with Crippen molar-refractivity contribution in [2.24, 2.45) is 5.92 Å². The molecule has 2 aromatic heterocycles. The second kappa shape index (κ2) is 13.1. The molecule has 0 radical (unpaired) electrons. The maximum Gasteiger partial charge on any atom is 0.251 e. The number of hydrogen-bond donors (Lipinski definition) is 3. The predicted molar refractivity (Wildman–Crippen MR) is 160 cm³/mol. The topological polar surface area (TPSA) is 133 Å². The van der Waals surface area contributed by atoms with Gasteiger partial charge >= 0.3 is 0 Å². The van der Waals surface area contributed by atoms with Crippen LogP contribution in [-0.2, 0) is 24.4 Å². The van der Waals surface area contributed by atoms with E-state index < -0.39 is 6.10 Å². The predicted octanol–water partition coefficient (Wildman–Crippen LogP) is 2.92. The zero-order valence-corrected chi connectivity index (χ0v) is 24.6. The number of aromatic nitrogens is 2. The molecule has 1 saturated carbocycles. The first-order valence-electron chi connectivity index (χ1n) is 15.2. The number of nitrogens with one attached hydrogen (secondary N) is 2. The molecule has 3 aliphatic rings. The summed E-state index contributed by atoms with van der Waals surface area (Å²) in [5.41, 5.74) is 3.78. The number of carbonyl (C=O) groups is 2. The number of aryl methyl sites for hydroxylation is 1. The normalized spacial score (nSPS) is 18.1. The molecule has 0 bridgehead atoms. The number of piperidine rings is 1. The van der Waals surface area contributed by atoms with Crippen molar-refractivity contribution in [3.05, 3.63) is 71.1 Å². The molecule has 1 atom stereocenters. The Kier molecular flexibility index (Phi) is 8.90. The smallest absolute Gasteiger partial charge is 0.251 e. The first kappa shape index (κ1) is 29.1. The van der Waals surface area contributed by atoms with Crippen LogP contribution in [0.2, 0.25) is 0 Å². The van der Waals surface area contributed by atoms with Gasteiger partial charge < -0.3 is 29.8 Å². The van der Waals surface area contributed by atoms with Gasteiger partial charge in [-0.05, 0) is 74.4 Å². The van der Waals surface area contributed by atoms with Gasteiger partial charge in [0, 0.05) is 63.0 Å². The van der Waals surface area contributed by atoms with E-state index in [4.69, 9.17) is 9.15 Å². The summed E-state index contributed by atoms with van der Waals surface area (Å²) in [6.45, 7) is 5.92. The number of aliphatic hydroxyl groups is 1. The molecular formula is C32H40N6O5. The molecule has 11 heteroatoms. The standard InChI is InChI=1S/C32H40N6O5/c1-21-29(43-20-35-21)19-42-28-5-4-25-17-37(11-7-23(25)14-28)18-27(39)16-34-31(40)24-6-10-33-30(15-24)36-26-8-12-38(13-9-26)32(41)22-2-3-22/h4-6,10,14-15,20,22,26-27,39H,2-3,7-9,11-13,16-19H2,1H3,(H,33,36)(H,34,40). The van der Waals surface area contributed by atoms with Gasteiger partial charge in [-0.1, -0.05) is 6.07 Å². The molecule has 2 aliphatic heterocycles. The Labute approximate surface area is 251 Å². The Hall–Kier alpha value is -3.96. The summed E-state index contributed by atoms with van der Waals surface area (Å²) in [6.07, 6.45) is 7.00. The van der Waals surface area contributed by atoms with Crippen LogP contribution in [0, 0.1) is 12.8 Å². The van der Waals surface area contributed by atoms with Crippen LogP contribution in [0.5, 0.6) is 5.75 Å². The van der Waals surface area contributed by atoms with Crippen molar-refractivity contribution in [3.8, 4) is 5.75 Å². The number of fused-ring (bicyclic) bond motifs is 1. The molecule has 6 rings (SSSR count). The highest BCUT2D eigenvalue weighted by molar-refractivity contribution is 5.94. The third kappa shape index (κ3) is 7.52. The number of amides is 2. The number of aliphatic hydroxyl groups excluding tert-OH is 1. The first-order valence-corrected chi connectivity index (χ1v) is 15.2. The number of pyridine rings is 1. The van der Waals surface area contributed by atoms with Crippen molar-refractivity contribution in [2.45, 2.75) is 64.3 Å². The summed E-state index contributed by atoms with van der Waals surface area (Å²) >= 11 is 0. The van der Waals surface area contributed by atoms with Crippen LogP contribution in [0.15, 0.2) is 47.3 Å². The largest absolute Gasteiger partial charge is 0.486 e. The number of rotatable bonds is 11. The van der Waals surface area contributed by atoms with E-state index in [2.05, 4.69) is 37.6 Å². The number of β-amino-alcohol motifs (C(OH)–C–C–N with tert-alkyl or cyclic N) is 1. The molecule has 228 valence electrons. The van der Waals surface area contributed by atoms with Gasteiger partial charge in [-0.15, -0.1) is 0 Å². The van der Waals surface area contributed by atoms with E-state index in [1.54, 1.807) is 18.3 Å². The number of nitrogens with zero attached hydrogens (tertiary/aromatic N) is 4. The maximum absolute atomic E-state index is 12.9. The van der Waals surface area contributed by atoms with Crippen LogP contribution < -0.4 is 15.4 Å². The number of oxazole rings is 1. The minimum absolute atomic E-state index is 0.161. The maximum atomic E-state index is 12.9. The molecule has 1 aromatic carbocycles. The van der Waals surface area contributed by atoms with Gasteiger partial charge in [0.1, 0.15) is 18.2 Å². The summed E-state index contributed by atoms with van der Waals surface area (Å²) in [6, 6.07) is 9.75. The van der Waals surface area contributed by atoms with Gasteiger partial charge in [0.25, 0.3) is 5.91 Å². The quantitative estimate of drug-likeness (QED) is 0.309. The van der Waals surface area contributed by atoms with Crippen LogP contribution >= 0.6 is 0 Å². The fourth-order valence-corrected chi connectivity index (χ4v) is 5.81. The minimum atomic E-state index is -0.693. The van der Waals surface area contributed by atoms with Gasteiger partial charge in [0.2, 0.25) is 5.91 Å². The van der Waals surface area contributed by atoms with Crippen LogP contribution in [0.3, 0.4) is 0 Å². The Morgan fingerprint density at radius 1 is 1.09 bits per heavy atom. The zero-order chi connectivity index (χ0) is 29.8. The molecule has 2 amide bonds. The Morgan fingerprint density at radius 2 is 1.93 bits per heavy atom. The molecular weight excluding hydrogens is 548 g/mol. The summed E-state index contributed by atoms with van der Waals surface area (Å²) in [5, 5.41) is 17.0. The van der Waals surface area contributed by atoms with E-state index in [0.29, 0.717) is 30.4 Å². The van der Waals surface area contributed by atoms with E-state index in [0.717, 1.165) is 75.5 Å². The lowest BCUT2D eigenvalue weighted by Gasteiger charge is -2.32. The fourth-order valence-electron chi connectivity index (χ4n) is 5.81. The number of likely N-dealkylation sites (tertiary alicyclic amines) is 1. The number of hydrogen-bond acceptors (Lipinski definition) is 9. The lowest BCUT2D eigenvalue weighted by Crippen LogP contribution is -2.43. The van der Waals surface area contributed by atoms with E-state index in [1.807, 2.05) is 17.9 Å². The summed E-state index contributed by atoms with van der Waals surface area (Å²) in [5.74, 6) is 2.48. The van der Waals surface area contributed by atoms with Crippen molar-refractivity contribution in [1.29, 1.82) is 0 Å². The van der Waals surface area contributed by atoms with Crippen LogP contribution in [0.25, 0.3) is 0 Å². The van der Waals surface area contributed by atoms with Crippen molar-refractivity contribution >= 4 is 17.6 Å². The van der Waals surface area contributed by atoms with E-state index in [-0.39, 0.29) is 24.4 Å². The van der Waals surface area contributed by atoms with Crippen molar-refractivity contribution in [2.75, 3.05) is 38.0 Å². The number of carbonyl (C=O) groups excluding carboxylic acids is 2. The van der Waals surface area contributed by atoms with E-state index in [9.17, 15) is 14.7 Å². The second-order valence-electron chi connectivity index (χ2n) is 11.9. The molecule has 3 N–H and O–H groups in total. The van der Waals surface area contributed by atoms with Crippen molar-refractivity contribution in [1.82, 2.24) is 25.1 Å². The Morgan fingerprint density at radius 3 is 2.70 bits per heavy atom. The van der Waals surface area contributed by atoms with Gasteiger partial charge in [-0.25, -0.2) is 9.97 Å². The molecule has 2 fully saturated rings. The van der Waals surface area contributed by atoms with E-state index in [1.165, 1.54) is 17.5 Å².